The zero-order chi connectivity index (χ0) is 13.9. The van der Waals surface area contributed by atoms with Gasteiger partial charge in [-0.25, -0.2) is 0 Å². The van der Waals surface area contributed by atoms with E-state index in [9.17, 15) is 0 Å². The van der Waals surface area contributed by atoms with E-state index in [1.54, 1.807) is 7.11 Å². The molecule has 0 aliphatic carbocycles. The average molecular weight is 268 g/mol. The van der Waals surface area contributed by atoms with Crippen molar-refractivity contribution in [3.8, 4) is 5.75 Å². The molecule has 0 bridgehead atoms. The first-order chi connectivity index (χ1) is 9.78. The molecule has 20 heavy (non-hydrogen) atoms. The van der Waals surface area contributed by atoms with Crippen LogP contribution < -0.4 is 15.0 Å². The van der Waals surface area contributed by atoms with Crippen LogP contribution in [0.15, 0.2) is 42.5 Å². The Hall–Kier alpha value is -2.16. The molecule has 0 unspecified atom stereocenters. The van der Waals surface area contributed by atoms with E-state index in [0.717, 1.165) is 30.1 Å². The summed E-state index contributed by atoms with van der Waals surface area (Å²) in [4.78, 5) is 2.33. The number of benzene rings is 2. The highest BCUT2D eigenvalue weighted by Gasteiger charge is 2.14. The van der Waals surface area contributed by atoms with Crippen LogP contribution in [0.5, 0.6) is 5.75 Å². The van der Waals surface area contributed by atoms with E-state index in [1.807, 2.05) is 24.3 Å². The van der Waals surface area contributed by atoms with Gasteiger partial charge in [0.05, 0.1) is 12.8 Å². The SMILES string of the molecule is COc1ccccc1Nc1ccc2c(c1)CCCN2C. The second kappa shape index (κ2) is 5.45. The van der Waals surface area contributed by atoms with Crippen LogP contribution in [0.25, 0.3) is 0 Å². The Morgan fingerprint density at radius 3 is 2.85 bits per heavy atom. The van der Waals surface area contributed by atoms with Crippen molar-refractivity contribution in [2.24, 2.45) is 0 Å². The first kappa shape index (κ1) is 12.9. The molecular formula is C17H20N2O. The lowest BCUT2D eigenvalue weighted by atomic mass is 10.0. The van der Waals surface area contributed by atoms with Crippen LogP contribution in [0.3, 0.4) is 0 Å². The molecule has 2 aromatic rings. The van der Waals surface area contributed by atoms with Crippen LogP contribution >= 0.6 is 0 Å². The van der Waals surface area contributed by atoms with Gasteiger partial charge < -0.3 is 15.0 Å². The summed E-state index contributed by atoms with van der Waals surface area (Å²) < 4.78 is 5.38. The van der Waals surface area contributed by atoms with Crippen molar-refractivity contribution in [1.29, 1.82) is 0 Å². The number of rotatable bonds is 3. The van der Waals surface area contributed by atoms with Crippen LogP contribution in [0.2, 0.25) is 0 Å². The monoisotopic (exact) mass is 268 g/mol. The molecule has 3 rings (SSSR count). The summed E-state index contributed by atoms with van der Waals surface area (Å²) in [6, 6.07) is 14.6. The van der Waals surface area contributed by atoms with E-state index in [-0.39, 0.29) is 0 Å². The molecule has 0 saturated carbocycles. The maximum Gasteiger partial charge on any atom is 0.142 e. The van der Waals surface area contributed by atoms with Gasteiger partial charge in [0.15, 0.2) is 0 Å². The lowest BCUT2D eigenvalue weighted by Crippen LogP contribution is -2.24. The molecule has 3 heteroatoms. The Bertz CT molecular complexity index is 610. The summed E-state index contributed by atoms with van der Waals surface area (Å²) in [5, 5.41) is 3.44. The lowest BCUT2D eigenvalue weighted by Gasteiger charge is -2.28. The molecule has 0 atom stereocenters. The summed E-state index contributed by atoms with van der Waals surface area (Å²) in [6.07, 6.45) is 2.38. The highest BCUT2D eigenvalue weighted by molar-refractivity contribution is 5.70. The molecule has 1 aliphatic heterocycles. The van der Waals surface area contributed by atoms with E-state index in [2.05, 4.69) is 35.5 Å². The Kier molecular flexibility index (Phi) is 3.50. The minimum atomic E-state index is 0.863. The molecule has 1 heterocycles. The van der Waals surface area contributed by atoms with Gasteiger partial charge in [0, 0.05) is 25.0 Å². The van der Waals surface area contributed by atoms with Gasteiger partial charge in [-0.2, -0.15) is 0 Å². The number of aryl methyl sites for hydroxylation is 1. The second-order valence-corrected chi connectivity index (χ2v) is 5.19. The van der Waals surface area contributed by atoms with Crippen LogP contribution in [0, 0.1) is 0 Å². The van der Waals surface area contributed by atoms with Crippen LogP contribution in [0.4, 0.5) is 17.1 Å². The van der Waals surface area contributed by atoms with Crippen LogP contribution in [-0.2, 0) is 6.42 Å². The molecule has 0 aromatic heterocycles. The van der Waals surface area contributed by atoms with Gasteiger partial charge in [-0.1, -0.05) is 12.1 Å². The highest BCUT2D eigenvalue weighted by Crippen LogP contribution is 2.32. The predicted molar refractivity (Wildman–Crippen MR) is 84.3 cm³/mol. The number of fused-ring (bicyclic) bond motifs is 1. The van der Waals surface area contributed by atoms with Gasteiger partial charge in [-0.05, 0) is 48.7 Å². The Labute approximate surface area is 120 Å². The van der Waals surface area contributed by atoms with E-state index in [4.69, 9.17) is 4.74 Å². The van der Waals surface area contributed by atoms with E-state index in [0.29, 0.717) is 0 Å². The van der Waals surface area contributed by atoms with Gasteiger partial charge in [0.25, 0.3) is 0 Å². The molecule has 1 aliphatic rings. The van der Waals surface area contributed by atoms with E-state index >= 15 is 0 Å². The Morgan fingerprint density at radius 2 is 2.00 bits per heavy atom. The molecule has 2 aromatic carbocycles. The number of anilines is 3. The van der Waals surface area contributed by atoms with Gasteiger partial charge in [-0.15, -0.1) is 0 Å². The summed E-state index contributed by atoms with van der Waals surface area (Å²) >= 11 is 0. The van der Waals surface area contributed by atoms with Gasteiger partial charge in [-0.3, -0.25) is 0 Å². The molecule has 1 N–H and O–H groups in total. The maximum atomic E-state index is 5.38. The van der Waals surface area contributed by atoms with Crippen LogP contribution in [0.1, 0.15) is 12.0 Å². The fraction of sp³-hybridized carbons (Fsp3) is 0.294. The van der Waals surface area contributed by atoms with Gasteiger partial charge in [0.2, 0.25) is 0 Å². The molecule has 0 saturated heterocycles. The van der Waals surface area contributed by atoms with Crippen molar-refractivity contribution in [1.82, 2.24) is 0 Å². The molecule has 0 amide bonds. The Balaban J connectivity index is 1.88. The van der Waals surface area contributed by atoms with Crippen molar-refractivity contribution >= 4 is 17.1 Å². The number of methoxy groups -OCH3 is 1. The average Bonchev–Trinajstić information content (AvgIpc) is 2.48. The predicted octanol–water partition coefficient (Wildman–Crippen LogP) is 3.82. The van der Waals surface area contributed by atoms with E-state index < -0.39 is 0 Å². The number of para-hydroxylation sites is 2. The van der Waals surface area contributed by atoms with Crippen molar-refractivity contribution in [3.05, 3.63) is 48.0 Å². The quantitative estimate of drug-likeness (QED) is 0.915. The molecule has 0 radical (unpaired) electrons. The normalized spacial score (nSPS) is 13.8. The molecule has 3 nitrogen and oxygen atoms in total. The first-order valence-electron chi connectivity index (χ1n) is 7.02. The van der Waals surface area contributed by atoms with Crippen molar-refractivity contribution in [2.75, 3.05) is 30.9 Å². The van der Waals surface area contributed by atoms with E-state index in [1.165, 1.54) is 17.7 Å². The smallest absolute Gasteiger partial charge is 0.142 e. The van der Waals surface area contributed by atoms with Crippen LogP contribution in [-0.4, -0.2) is 20.7 Å². The second-order valence-electron chi connectivity index (χ2n) is 5.19. The first-order valence-corrected chi connectivity index (χ1v) is 7.02. The summed E-state index contributed by atoms with van der Waals surface area (Å²) in [7, 11) is 3.85. The fourth-order valence-electron chi connectivity index (χ4n) is 2.77. The fourth-order valence-corrected chi connectivity index (χ4v) is 2.77. The standard InChI is InChI=1S/C17H20N2O/c1-19-11-5-6-13-12-14(9-10-16(13)19)18-15-7-3-4-8-17(15)20-2/h3-4,7-10,12,18H,5-6,11H2,1-2H3. The molecular weight excluding hydrogens is 248 g/mol. The summed E-state index contributed by atoms with van der Waals surface area (Å²) in [5.74, 6) is 0.863. The molecule has 104 valence electrons. The zero-order valence-corrected chi connectivity index (χ0v) is 12.0. The third-order valence-corrected chi connectivity index (χ3v) is 3.82. The Morgan fingerprint density at radius 1 is 1.15 bits per heavy atom. The number of nitrogens with zero attached hydrogens (tertiary/aromatic N) is 1. The lowest BCUT2D eigenvalue weighted by molar-refractivity contribution is 0.417. The van der Waals surface area contributed by atoms with Crippen molar-refractivity contribution < 1.29 is 4.74 Å². The summed E-state index contributed by atoms with van der Waals surface area (Å²) in [5.41, 5.74) is 4.88. The maximum absolute atomic E-state index is 5.38. The molecule has 0 fully saturated rings. The number of hydrogen-bond donors (Lipinski definition) is 1. The van der Waals surface area contributed by atoms with Gasteiger partial charge >= 0.3 is 0 Å². The highest BCUT2D eigenvalue weighted by atomic mass is 16.5. The largest absolute Gasteiger partial charge is 0.495 e. The third kappa shape index (κ3) is 2.44. The number of nitrogens with one attached hydrogen (secondary N) is 1. The topological polar surface area (TPSA) is 24.5 Å². The minimum Gasteiger partial charge on any atom is -0.495 e. The number of hydrogen-bond acceptors (Lipinski definition) is 3. The van der Waals surface area contributed by atoms with Crippen molar-refractivity contribution in [3.63, 3.8) is 0 Å². The third-order valence-electron chi connectivity index (χ3n) is 3.82. The zero-order valence-electron chi connectivity index (χ0n) is 12.0. The van der Waals surface area contributed by atoms with Gasteiger partial charge in [0.1, 0.15) is 5.75 Å². The summed E-state index contributed by atoms with van der Waals surface area (Å²) in [6.45, 7) is 1.15. The number of ether oxygens (including phenoxy) is 1. The molecule has 0 spiro atoms. The minimum absolute atomic E-state index is 0.863. The van der Waals surface area contributed by atoms with Crippen molar-refractivity contribution in [2.45, 2.75) is 12.8 Å².